The van der Waals surface area contributed by atoms with Crippen LogP contribution in [0.3, 0.4) is 0 Å². The number of thioether (sulfide) groups is 1. The number of hydrogen-bond donors (Lipinski definition) is 1. The maximum Gasteiger partial charge on any atom is 0.234 e. The van der Waals surface area contributed by atoms with Crippen LogP contribution >= 0.6 is 11.8 Å². The van der Waals surface area contributed by atoms with Crippen LogP contribution in [0, 0.1) is 13.8 Å². The van der Waals surface area contributed by atoms with E-state index in [1.54, 1.807) is 6.26 Å². The first-order chi connectivity index (χ1) is 15.6. The number of aryl methyl sites for hydroxylation is 1. The van der Waals surface area contributed by atoms with E-state index in [1.807, 2.05) is 79.1 Å². The second-order valence-corrected chi connectivity index (χ2v) is 8.19. The van der Waals surface area contributed by atoms with Gasteiger partial charge in [0.15, 0.2) is 11.0 Å². The molecule has 7 nitrogen and oxygen atoms in total. The third-order valence-corrected chi connectivity index (χ3v) is 5.98. The summed E-state index contributed by atoms with van der Waals surface area (Å²) in [5.41, 5.74) is 3.02. The number of para-hydroxylation sites is 1. The molecule has 1 amide bonds. The molecule has 4 aromatic rings. The second-order valence-electron chi connectivity index (χ2n) is 7.25. The van der Waals surface area contributed by atoms with Gasteiger partial charge in [-0.3, -0.25) is 9.36 Å². The van der Waals surface area contributed by atoms with Crippen LogP contribution in [0.2, 0.25) is 0 Å². The van der Waals surface area contributed by atoms with Crippen molar-refractivity contribution in [2.75, 3.05) is 11.1 Å². The van der Waals surface area contributed by atoms with E-state index in [4.69, 9.17) is 9.15 Å². The van der Waals surface area contributed by atoms with Gasteiger partial charge in [0, 0.05) is 5.69 Å². The molecule has 164 valence electrons. The SMILES string of the molecule is Cc1cccc(NC(=O)CSc2nnc(COc3ccccc3)n2Cc2ccco2)c1C. The molecule has 8 heteroatoms. The zero-order chi connectivity index (χ0) is 22.3. The highest BCUT2D eigenvalue weighted by atomic mass is 32.2. The average Bonchev–Trinajstić information content (AvgIpc) is 3.45. The van der Waals surface area contributed by atoms with Crippen LogP contribution < -0.4 is 10.1 Å². The standard InChI is InChI=1S/C24H24N4O3S/c1-17-8-6-12-21(18(17)2)25-23(29)16-32-24-27-26-22(15-31-19-9-4-3-5-10-19)28(24)14-20-11-7-13-30-20/h3-13H,14-16H2,1-2H3,(H,25,29). The molecule has 32 heavy (non-hydrogen) atoms. The summed E-state index contributed by atoms with van der Waals surface area (Å²) in [6, 6.07) is 19.1. The lowest BCUT2D eigenvalue weighted by atomic mass is 10.1. The van der Waals surface area contributed by atoms with E-state index >= 15 is 0 Å². The number of carbonyl (C=O) groups is 1. The topological polar surface area (TPSA) is 82.2 Å². The van der Waals surface area contributed by atoms with Gasteiger partial charge in [-0.15, -0.1) is 10.2 Å². The average molecular weight is 449 g/mol. The summed E-state index contributed by atoms with van der Waals surface area (Å²) in [4.78, 5) is 12.6. The minimum Gasteiger partial charge on any atom is -0.486 e. The zero-order valence-corrected chi connectivity index (χ0v) is 18.8. The maximum absolute atomic E-state index is 12.6. The molecular formula is C24H24N4O3S. The van der Waals surface area contributed by atoms with Crippen molar-refractivity contribution in [2.24, 2.45) is 0 Å². The fourth-order valence-electron chi connectivity index (χ4n) is 3.12. The molecule has 1 N–H and O–H groups in total. The lowest BCUT2D eigenvalue weighted by molar-refractivity contribution is -0.113. The van der Waals surface area contributed by atoms with Crippen molar-refractivity contribution < 1.29 is 13.9 Å². The first-order valence-electron chi connectivity index (χ1n) is 10.2. The Morgan fingerprint density at radius 3 is 2.69 bits per heavy atom. The fourth-order valence-corrected chi connectivity index (χ4v) is 3.87. The summed E-state index contributed by atoms with van der Waals surface area (Å²) in [5.74, 6) is 2.29. The first-order valence-corrected chi connectivity index (χ1v) is 11.2. The van der Waals surface area contributed by atoms with Crippen LogP contribution in [0.15, 0.2) is 76.5 Å². The lowest BCUT2D eigenvalue weighted by Gasteiger charge is -2.11. The Morgan fingerprint density at radius 2 is 1.91 bits per heavy atom. The largest absolute Gasteiger partial charge is 0.486 e. The smallest absolute Gasteiger partial charge is 0.234 e. The Labute approximate surface area is 190 Å². The molecular weight excluding hydrogens is 424 g/mol. The third kappa shape index (κ3) is 5.39. The van der Waals surface area contributed by atoms with E-state index in [0.717, 1.165) is 28.3 Å². The second kappa shape index (κ2) is 10.2. The highest BCUT2D eigenvalue weighted by molar-refractivity contribution is 7.99. The van der Waals surface area contributed by atoms with Gasteiger partial charge < -0.3 is 14.5 Å². The van der Waals surface area contributed by atoms with Gasteiger partial charge in [-0.1, -0.05) is 42.1 Å². The number of rotatable bonds is 9. The van der Waals surface area contributed by atoms with Crippen molar-refractivity contribution in [2.45, 2.75) is 32.2 Å². The Bertz CT molecular complexity index is 1170. The van der Waals surface area contributed by atoms with Gasteiger partial charge in [0.1, 0.15) is 18.1 Å². The molecule has 0 atom stereocenters. The number of nitrogens with one attached hydrogen (secondary N) is 1. The first kappa shape index (κ1) is 21.7. The van der Waals surface area contributed by atoms with Gasteiger partial charge in [-0.2, -0.15) is 0 Å². The molecule has 0 radical (unpaired) electrons. The number of anilines is 1. The van der Waals surface area contributed by atoms with E-state index in [-0.39, 0.29) is 18.3 Å². The predicted octanol–water partition coefficient (Wildman–Crippen LogP) is 4.85. The highest BCUT2D eigenvalue weighted by Crippen LogP contribution is 2.22. The van der Waals surface area contributed by atoms with Crippen LogP contribution in [0.1, 0.15) is 22.7 Å². The minimum atomic E-state index is -0.0988. The molecule has 2 aromatic heterocycles. The van der Waals surface area contributed by atoms with Crippen LogP contribution in [0.25, 0.3) is 0 Å². The molecule has 0 aliphatic rings. The number of amides is 1. The maximum atomic E-state index is 12.6. The van der Waals surface area contributed by atoms with Crippen LogP contribution in [0.4, 0.5) is 5.69 Å². The van der Waals surface area contributed by atoms with Crippen molar-refractivity contribution in [3.63, 3.8) is 0 Å². The van der Waals surface area contributed by atoms with Gasteiger partial charge in [0.25, 0.3) is 0 Å². The van der Waals surface area contributed by atoms with Crippen molar-refractivity contribution in [3.05, 3.63) is 89.6 Å². The quantitative estimate of drug-likeness (QED) is 0.369. The van der Waals surface area contributed by atoms with Gasteiger partial charge in [-0.25, -0.2) is 0 Å². The molecule has 0 saturated heterocycles. The summed E-state index contributed by atoms with van der Waals surface area (Å²) < 4.78 is 13.3. The van der Waals surface area contributed by atoms with Crippen LogP contribution in [-0.4, -0.2) is 26.4 Å². The molecule has 2 aromatic carbocycles. The molecule has 0 aliphatic heterocycles. The molecule has 0 aliphatic carbocycles. The third-order valence-electron chi connectivity index (χ3n) is 5.01. The number of ether oxygens (including phenoxy) is 1. The number of nitrogens with zero attached hydrogens (tertiary/aromatic N) is 3. The Hall–Kier alpha value is -3.52. The predicted molar refractivity (Wildman–Crippen MR) is 124 cm³/mol. The fraction of sp³-hybridized carbons (Fsp3) is 0.208. The summed E-state index contributed by atoms with van der Waals surface area (Å²) in [6.45, 7) is 4.73. The molecule has 0 spiro atoms. The van der Waals surface area contributed by atoms with Crippen molar-refractivity contribution in [3.8, 4) is 5.75 Å². The monoisotopic (exact) mass is 448 g/mol. The molecule has 0 unspecified atom stereocenters. The number of aromatic nitrogens is 3. The Morgan fingerprint density at radius 1 is 1.06 bits per heavy atom. The Balaban J connectivity index is 1.45. The number of carbonyl (C=O) groups excluding carboxylic acids is 1. The van der Waals surface area contributed by atoms with E-state index in [9.17, 15) is 4.79 Å². The molecule has 0 saturated carbocycles. The normalized spacial score (nSPS) is 10.8. The number of hydrogen-bond acceptors (Lipinski definition) is 6. The van der Waals surface area contributed by atoms with Gasteiger partial charge >= 0.3 is 0 Å². The van der Waals surface area contributed by atoms with Gasteiger partial charge in [0.05, 0.1) is 18.6 Å². The van der Waals surface area contributed by atoms with Gasteiger partial charge in [0.2, 0.25) is 5.91 Å². The zero-order valence-electron chi connectivity index (χ0n) is 17.9. The van der Waals surface area contributed by atoms with E-state index in [1.165, 1.54) is 11.8 Å². The molecule has 0 fully saturated rings. The van der Waals surface area contributed by atoms with E-state index in [2.05, 4.69) is 15.5 Å². The van der Waals surface area contributed by atoms with Crippen LogP contribution in [-0.2, 0) is 17.9 Å². The van der Waals surface area contributed by atoms with Crippen molar-refractivity contribution in [1.29, 1.82) is 0 Å². The Kier molecular flexibility index (Phi) is 6.91. The summed E-state index contributed by atoms with van der Waals surface area (Å²) >= 11 is 1.33. The number of benzene rings is 2. The summed E-state index contributed by atoms with van der Waals surface area (Å²) in [6.07, 6.45) is 1.63. The summed E-state index contributed by atoms with van der Waals surface area (Å²) in [5, 5.41) is 12.2. The van der Waals surface area contributed by atoms with Gasteiger partial charge in [-0.05, 0) is 55.3 Å². The molecule has 4 rings (SSSR count). The van der Waals surface area contributed by atoms with E-state index < -0.39 is 0 Å². The molecule has 2 heterocycles. The van der Waals surface area contributed by atoms with E-state index in [0.29, 0.717) is 17.5 Å². The summed E-state index contributed by atoms with van der Waals surface area (Å²) in [7, 11) is 0. The number of furan rings is 1. The lowest BCUT2D eigenvalue weighted by Crippen LogP contribution is -2.16. The van der Waals surface area contributed by atoms with Crippen molar-refractivity contribution in [1.82, 2.24) is 14.8 Å². The minimum absolute atomic E-state index is 0.0988. The van der Waals surface area contributed by atoms with Crippen molar-refractivity contribution >= 4 is 23.4 Å². The van der Waals surface area contributed by atoms with Crippen LogP contribution in [0.5, 0.6) is 5.75 Å². The molecule has 0 bridgehead atoms. The highest BCUT2D eigenvalue weighted by Gasteiger charge is 2.17.